The predicted molar refractivity (Wildman–Crippen MR) is 84.4 cm³/mol. The van der Waals surface area contributed by atoms with Gasteiger partial charge in [0.2, 0.25) is 0 Å². The largest absolute Gasteiger partial charge is 0.452 e. The van der Waals surface area contributed by atoms with Gasteiger partial charge in [-0.3, -0.25) is 4.79 Å². The lowest BCUT2D eigenvalue weighted by Crippen LogP contribution is -2.21. The van der Waals surface area contributed by atoms with E-state index >= 15 is 0 Å². The van der Waals surface area contributed by atoms with Gasteiger partial charge < -0.3 is 10.1 Å². The summed E-state index contributed by atoms with van der Waals surface area (Å²) in [5.74, 6) is -1.28. The standard InChI is InChI=1S/C14H8Cl2N2O3S/c15-9-1-2-10(11(16)5-9)14(20)21-7-12(19)18-13-8(6-17)3-4-22-13/h1-5H,7H2,(H,18,19). The molecule has 0 aliphatic carbocycles. The second-order valence-corrected chi connectivity index (χ2v) is 5.78. The van der Waals surface area contributed by atoms with Gasteiger partial charge in [0.15, 0.2) is 6.61 Å². The minimum absolute atomic E-state index is 0.118. The third kappa shape index (κ3) is 3.98. The van der Waals surface area contributed by atoms with Crippen molar-refractivity contribution in [3.05, 3.63) is 50.8 Å². The molecule has 1 heterocycles. The number of halogens is 2. The molecule has 1 N–H and O–H groups in total. The smallest absolute Gasteiger partial charge is 0.340 e. The summed E-state index contributed by atoms with van der Waals surface area (Å²) in [6, 6.07) is 7.84. The van der Waals surface area contributed by atoms with E-state index in [0.29, 0.717) is 15.6 Å². The van der Waals surface area contributed by atoms with Crippen molar-refractivity contribution in [3.8, 4) is 6.07 Å². The lowest BCUT2D eigenvalue weighted by atomic mass is 10.2. The molecule has 112 valence electrons. The number of nitriles is 1. The molecular formula is C14H8Cl2N2O3S. The van der Waals surface area contributed by atoms with Gasteiger partial charge in [-0.1, -0.05) is 23.2 Å². The highest BCUT2D eigenvalue weighted by Gasteiger charge is 2.15. The predicted octanol–water partition coefficient (Wildman–Crippen LogP) is 3.72. The summed E-state index contributed by atoms with van der Waals surface area (Å²) in [7, 11) is 0. The molecule has 0 atom stereocenters. The second-order valence-electron chi connectivity index (χ2n) is 4.02. The van der Waals surface area contributed by atoms with Gasteiger partial charge in [-0.15, -0.1) is 11.3 Å². The Hall–Kier alpha value is -2.07. The molecule has 0 bridgehead atoms. The maximum absolute atomic E-state index is 11.8. The summed E-state index contributed by atoms with van der Waals surface area (Å²) >= 11 is 12.8. The summed E-state index contributed by atoms with van der Waals surface area (Å²) in [5.41, 5.74) is 0.470. The van der Waals surface area contributed by atoms with Crippen LogP contribution >= 0.6 is 34.5 Å². The molecule has 0 aliphatic heterocycles. The number of ether oxygens (including phenoxy) is 1. The van der Waals surface area contributed by atoms with Gasteiger partial charge in [0.1, 0.15) is 11.1 Å². The van der Waals surface area contributed by atoms with Gasteiger partial charge in [0.05, 0.1) is 16.1 Å². The fourth-order valence-corrected chi connectivity index (χ4v) is 2.76. The van der Waals surface area contributed by atoms with E-state index in [4.69, 9.17) is 33.2 Å². The van der Waals surface area contributed by atoms with Crippen LogP contribution < -0.4 is 5.32 Å². The SMILES string of the molecule is N#Cc1ccsc1NC(=O)COC(=O)c1ccc(Cl)cc1Cl. The Morgan fingerprint density at radius 3 is 2.77 bits per heavy atom. The van der Waals surface area contributed by atoms with Crippen molar-refractivity contribution < 1.29 is 14.3 Å². The quantitative estimate of drug-likeness (QED) is 0.848. The first-order chi connectivity index (χ1) is 10.5. The molecule has 2 rings (SSSR count). The average Bonchev–Trinajstić information content (AvgIpc) is 2.92. The number of thiophene rings is 1. The Morgan fingerprint density at radius 1 is 1.32 bits per heavy atom. The molecule has 2 aromatic rings. The number of anilines is 1. The maximum Gasteiger partial charge on any atom is 0.340 e. The van der Waals surface area contributed by atoms with Crippen LogP contribution in [0.3, 0.4) is 0 Å². The zero-order valence-electron chi connectivity index (χ0n) is 10.9. The second kappa shape index (κ2) is 7.27. The van der Waals surface area contributed by atoms with E-state index < -0.39 is 18.5 Å². The molecule has 0 radical (unpaired) electrons. The molecule has 5 nitrogen and oxygen atoms in total. The fraction of sp³-hybridized carbons (Fsp3) is 0.0714. The highest BCUT2D eigenvalue weighted by Crippen LogP contribution is 2.23. The molecule has 0 spiro atoms. The Bertz CT molecular complexity index is 768. The summed E-state index contributed by atoms with van der Waals surface area (Å²) < 4.78 is 4.88. The molecular weight excluding hydrogens is 347 g/mol. The van der Waals surface area contributed by atoms with Crippen LogP contribution in [0.1, 0.15) is 15.9 Å². The van der Waals surface area contributed by atoms with E-state index in [-0.39, 0.29) is 10.6 Å². The van der Waals surface area contributed by atoms with Crippen LogP contribution in [0.5, 0.6) is 0 Å². The monoisotopic (exact) mass is 354 g/mol. The van der Waals surface area contributed by atoms with E-state index in [2.05, 4.69) is 5.32 Å². The Morgan fingerprint density at radius 2 is 2.09 bits per heavy atom. The third-order valence-corrected chi connectivity index (χ3v) is 3.90. The number of amides is 1. The number of rotatable bonds is 4. The Balaban J connectivity index is 1.94. The van der Waals surface area contributed by atoms with Crippen LogP contribution in [0.4, 0.5) is 5.00 Å². The molecule has 0 saturated carbocycles. The molecule has 22 heavy (non-hydrogen) atoms. The van der Waals surface area contributed by atoms with Gasteiger partial charge in [0.25, 0.3) is 5.91 Å². The fourth-order valence-electron chi connectivity index (χ4n) is 1.52. The number of hydrogen-bond acceptors (Lipinski definition) is 5. The van der Waals surface area contributed by atoms with Gasteiger partial charge in [-0.05, 0) is 29.6 Å². The van der Waals surface area contributed by atoms with Crippen molar-refractivity contribution >= 4 is 51.4 Å². The summed E-state index contributed by atoms with van der Waals surface area (Å²) in [6.45, 7) is -0.486. The van der Waals surface area contributed by atoms with Crippen molar-refractivity contribution in [2.24, 2.45) is 0 Å². The van der Waals surface area contributed by atoms with Crippen molar-refractivity contribution in [3.63, 3.8) is 0 Å². The van der Waals surface area contributed by atoms with Gasteiger partial charge in [-0.25, -0.2) is 4.79 Å². The van der Waals surface area contributed by atoms with E-state index in [1.807, 2.05) is 6.07 Å². The van der Waals surface area contributed by atoms with E-state index in [1.54, 1.807) is 11.4 Å². The Kier molecular flexibility index (Phi) is 5.39. The topological polar surface area (TPSA) is 79.2 Å². The molecule has 8 heteroatoms. The number of nitrogens with zero attached hydrogens (tertiary/aromatic N) is 1. The van der Waals surface area contributed by atoms with Crippen molar-refractivity contribution in [2.75, 3.05) is 11.9 Å². The molecule has 0 fully saturated rings. The zero-order valence-corrected chi connectivity index (χ0v) is 13.3. The van der Waals surface area contributed by atoms with Crippen molar-refractivity contribution in [2.45, 2.75) is 0 Å². The van der Waals surface area contributed by atoms with Crippen LogP contribution in [0, 0.1) is 11.3 Å². The molecule has 0 saturated heterocycles. The van der Waals surface area contributed by atoms with Crippen molar-refractivity contribution in [1.29, 1.82) is 5.26 Å². The van der Waals surface area contributed by atoms with E-state index in [0.717, 1.165) is 0 Å². The highest BCUT2D eigenvalue weighted by atomic mass is 35.5. The van der Waals surface area contributed by atoms with Crippen molar-refractivity contribution in [1.82, 2.24) is 0 Å². The first-order valence-corrected chi connectivity index (χ1v) is 7.54. The normalized spacial score (nSPS) is 9.86. The first-order valence-electron chi connectivity index (χ1n) is 5.91. The summed E-state index contributed by atoms with van der Waals surface area (Å²) in [6.07, 6.45) is 0. The lowest BCUT2D eigenvalue weighted by molar-refractivity contribution is -0.119. The number of carbonyl (C=O) groups is 2. The summed E-state index contributed by atoms with van der Waals surface area (Å²) in [4.78, 5) is 23.5. The minimum atomic E-state index is -0.733. The lowest BCUT2D eigenvalue weighted by Gasteiger charge is -2.07. The number of nitrogens with one attached hydrogen (secondary N) is 1. The molecule has 0 aliphatic rings. The van der Waals surface area contributed by atoms with Gasteiger partial charge >= 0.3 is 5.97 Å². The van der Waals surface area contributed by atoms with Crippen LogP contribution in [-0.4, -0.2) is 18.5 Å². The van der Waals surface area contributed by atoms with E-state index in [9.17, 15) is 9.59 Å². The zero-order chi connectivity index (χ0) is 16.1. The minimum Gasteiger partial charge on any atom is -0.452 e. The van der Waals surface area contributed by atoms with Crippen LogP contribution in [0.25, 0.3) is 0 Å². The van der Waals surface area contributed by atoms with Crippen LogP contribution in [0.15, 0.2) is 29.6 Å². The van der Waals surface area contributed by atoms with Gasteiger partial charge in [0, 0.05) is 5.02 Å². The third-order valence-electron chi connectivity index (χ3n) is 2.52. The summed E-state index contributed by atoms with van der Waals surface area (Å²) in [5, 5.41) is 13.9. The number of esters is 1. The molecule has 1 aromatic heterocycles. The number of carbonyl (C=O) groups excluding carboxylic acids is 2. The van der Waals surface area contributed by atoms with E-state index in [1.165, 1.54) is 29.5 Å². The van der Waals surface area contributed by atoms with Crippen LogP contribution in [0.2, 0.25) is 10.0 Å². The number of benzene rings is 1. The molecule has 1 amide bonds. The highest BCUT2D eigenvalue weighted by molar-refractivity contribution is 7.14. The van der Waals surface area contributed by atoms with Crippen LogP contribution in [-0.2, 0) is 9.53 Å². The first kappa shape index (κ1) is 16.3. The molecule has 0 unspecified atom stereocenters. The molecule has 1 aromatic carbocycles. The average molecular weight is 355 g/mol. The maximum atomic E-state index is 11.8. The van der Waals surface area contributed by atoms with Gasteiger partial charge in [-0.2, -0.15) is 5.26 Å². The number of hydrogen-bond donors (Lipinski definition) is 1. The Labute approximate surface area is 140 Å².